The normalized spacial score (nSPS) is 11.1. The first kappa shape index (κ1) is 17.1. The van der Waals surface area contributed by atoms with Crippen LogP contribution in [-0.4, -0.2) is 16.8 Å². The lowest BCUT2D eigenvalue weighted by atomic mass is 9.92. The van der Waals surface area contributed by atoms with E-state index in [9.17, 15) is 14.0 Å². The predicted octanol–water partition coefficient (Wildman–Crippen LogP) is 3.91. The number of nitrogens with zero attached hydrogens (tertiary/aromatic N) is 1. The van der Waals surface area contributed by atoms with E-state index in [-0.39, 0.29) is 16.9 Å². The zero-order chi connectivity index (χ0) is 17.0. The van der Waals surface area contributed by atoms with Gasteiger partial charge in [0.25, 0.3) is 5.91 Å². The van der Waals surface area contributed by atoms with Gasteiger partial charge in [-0.25, -0.2) is 9.37 Å². The van der Waals surface area contributed by atoms with Crippen molar-refractivity contribution >= 4 is 34.0 Å². The standard InChI is InChI=1S/C16H18FN3O2S/c1-16(2,3)9-13(21)19-10-4-5-11(12(17)8-10)14(22)20-15-18-6-7-23-15/h4-8H,9H2,1-3H3,(H,19,21)(H,18,20,22). The first-order valence-corrected chi connectivity index (χ1v) is 7.93. The summed E-state index contributed by atoms with van der Waals surface area (Å²) in [4.78, 5) is 27.7. The molecule has 0 aliphatic carbocycles. The van der Waals surface area contributed by atoms with Gasteiger partial charge in [-0.15, -0.1) is 11.3 Å². The molecule has 0 radical (unpaired) electrons. The second-order valence-corrected chi connectivity index (χ2v) is 7.17. The Hall–Kier alpha value is -2.28. The molecule has 1 aromatic heterocycles. The van der Waals surface area contributed by atoms with E-state index in [2.05, 4.69) is 15.6 Å². The Balaban J connectivity index is 2.05. The van der Waals surface area contributed by atoms with Crippen LogP contribution in [0, 0.1) is 11.2 Å². The Morgan fingerprint density at radius 3 is 2.57 bits per heavy atom. The fraction of sp³-hybridized carbons (Fsp3) is 0.312. The Morgan fingerprint density at radius 2 is 2.00 bits per heavy atom. The average molecular weight is 335 g/mol. The van der Waals surface area contributed by atoms with Crippen LogP contribution in [0.25, 0.3) is 0 Å². The number of hydrogen-bond donors (Lipinski definition) is 2. The highest BCUT2D eigenvalue weighted by Gasteiger charge is 2.17. The number of rotatable bonds is 4. The van der Waals surface area contributed by atoms with Crippen LogP contribution in [0.2, 0.25) is 0 Å². The second-order valence-electron chi connectivity index (χ2n) is 6.27. The molecule has 0 saturated heterocycles. The van der Waals surface area contributed by atoms with Gasteiger partial charge in [-0.2, -0.15) is 0 Å². The van der Waals surface area contributed by atoms with Gasteiger partial charge in [0.2, 0.25) is 5.91 Å². The molecule has 0 spiro atoms. The third-order valence-corrected chi connectivity index (χ3v) is 3.53. The van der Waals surface area contributed by atoms with Crippen LogP contribution in [0.1, 0.15) is 37.6 Å². The molecule has 0 aliphatic rings. The zero-order valence-corrected chi connectivity index (χ0v) is 14.0. The summed E-state index contributed by atoms with van der Waals surface area (Å²) in [5.74, 6) is -1.48. The highest BCUT2D eigenvalue weighted by Crippen LogP contribution is 2.21. The van der Waals surface area contributed by atoms with E-state index in [1.54, 1.807) is 11.6 Å². The smallest absolute Gasteiger partial charge is 0.260 e. The van der Waals surface area contributed by atoms with Crippen LogP contribution in [0.4, 0.5) is 15.2 Å². The van der Waals surface area contributed by atoms with Gasteiger partial charge in [-0.05, 0) is 23.6 Å². The minimum atomic E-state index is -0.701. The molecule has 1 heterocycles. The van der Waals surface area contributed by atoms with Crippen LogP contribution in [-0.2, 0) is 4.79 Å². The minimum Gasteiger partial charge on any atom is -0.326 e. The molecule has 2 N–H and O–H groups in total. The lowest BCUT2D eigenvalue weighted by Crippen LogP contribution is -2.20. The summed E-state index contributed by atoms with van der Waals surface area (Å²) in [6, 6.07) is 3.97. The third-order valence-electron chi connectivity index (χ3n) is 2.84. The largest absolute Gasteiger partial charge is 0.326 e. The lowest BCUT2D eigenvalue weighted by molar-refractivity contribution is -0.117. The Kier molecular flexibility index (Phi) is 5.10. The molecular formula is C16H18FN3O2S. The van der Waals surface area contributed by atoms with Gasteiger partial charge in [0.1, 0.15) is 5.82 Å². The fourth-order valence-electron chi connectivity index (χ4n) is 1.91. The van der Waals surface area contributed by atoms with Gasteiger partial charge in [0, 0.05) is 23.7 Å². The molecule has 1 aromatic carbocycles. The summed E-state index contributed by atoms with van der Waals surface area (Å²) in [6.07, 6.45) is 1.87. The Morgan fingerprint density at radius 1 is 1.26 bits per heavy atom. The van der Waals surface area contributed by atoms with Crippen LogP contribution < -0.4 is 10.6 Å². The summed E-state index contributed by atoms with van der Waals surface area (Å²) < 4.78 is 14.1. The third kappa shape index (κ3) is 5.14. The molecular weight excluding hydrogens is 317 g/mol. The molecule has 0 saturated carbocycles. The fourth-order valence-corrected chi connectivity index (χ4v) is 2.44. The van der Waals surface area contributed by atoms with E-state index in [0.29, 0.717) is 17.2 Å². The van der Waals surface area contributed by atoms with Gasteiger partial charge in [-0.3, -0.25) is 14.9 Å². The van der Waals surface area contributed by atoms with Gasteiger partial charge in [0.15, 0.2) is 5.13 Å². The average Bonchev–Trinajstić information content (AvgIpc) is 2.89. The Labute approximate surface area is 137 Å². The maximum absolute atomic E-state index is 14.1. The van der Waals surface area contributed by atoms with E-state index in [0.717, 1.165) is 6.07 Å². The highest BCUT2D eigenvalue weighted by molar-refractivity contribution is 7.13. The van der Waals surface area contributed by atoms with Gasteiger partial charge >= 0.3 is 0 Å². The van der Waals surface area contributed by atoms with Crippen LogP contribution in [0.5, 0.6) is 0 Å². The molecule has 0 unspecified atom stereocenters. The van der Waals surface area contributed by atoms with E-state index in [4.69, 9.17) is 0 Å². The molecule has 2 aromatic rings. The molecule has 7 heteroatoms. The summed E-state index contributed by atoms with van der Waals surface area (Å²) >= 11 is 1.25. The predicted molar refractivity (Wildman–Crippen MR) is 89.2 cm³/mol. The maximum Gasteiger partial charge on any atom is 0.260 e. The first-order valence-electron chi connectivity index (χ1n) is 7.05. The Bertz CT molecular complexity index is 709. The van der Waals surface area contributed by atoms with Crippen LogP contribution in [0.3, 0.4) is 0 Å². The van der Waals surface area contributed by atoms with E-state index < -0.39 is 11.7 Å². The van der Waals surface area contributed by atoms with Crippen molar-refractivity contribution in [1.82, 2.24) is 4.98 Å². The molecule has 0 fully saturated rings. The maximum atomic E-state index is 14.1. The number of anilines is 2. The summed E-state index contributed by atoms with van der Waals surface area (Å²) in [5, 5.41) is 7.25. The zero-order valence-electron chi connectivity index (χ0n) is 13.1. The van der Waals surface area contributed by atoms with E-state index >= 15 is 0 Å². The monoisotopic (exact) mass is 335 g/mol. The first-order chi connectivity index (χ1) is 10.7. The number of carbonyl (C=O) groups is 2. The van der Waals surface area contributed by atoms with Crippen LogP contribution >= 0.6 is 11.3 Å². The summed E-state index contributed by atoms with van der Waals surface area (Å²) in [5.41, 5.74) is 0.0625. The van der Waals surface area contributed by atoms with Crippen molar-refractivity contribution in [2.75, 3.05) is 10.6 Å². The van der Waals surface area contributed by atoms with E-state index in [1.165, 1.54) is 23.5 Å². The molecule has 0 atom stereocenters. The highest BCUT2D eigenvalue weighted by atomic mass is 32.1. The quantitative estimate of drug-likeness (QED) is 0.890. The molecule has 2 rings (SSSR count). The number of thiazole rings is 1. The summed E-state index contributed by atoms with van der Waals surface area (Å²) in [7, 11) is 0. The number of carbonyl (C=O) groups excluding carboxylic acids is 2. The molecule has 23 heavy (non-hydrogen) atoms. The molecule has 0 aliphatic heterocycles. The molecule has 5 nitrogen and oxygen atoms in total. The lowest BCUT2D eigenvalue weighted by Gasteiger charge is -2.17. The van der Waals surface area contributed by atoms with Crippen molar-refractivity contribution in [3.63, 3.8) is 0 Å². The number of benzene rings is 1. The number of nitrogens with one attached hydrogen (secondary N) is 2. The topological polar surface area (TPSA) is 71.1 Å². The minimum absolute atomic E-state index is 0.103. The number of aromatic nitrogens is 1. The molecule has 0 bridgehead atoms. The van der Waals surface area contributed by atoms with Crippen molar-refractivity contribution in [2.45, 2.75) is 27.2 Å². The summed E-state index contributed by atoms with van der Waals surface area (Å²) in [6.45, 7) is 5.83. The second kappa shape index (κ2) is 6.87. The SMILES string of the molecule is CC(C)(C)CC(=O)Nc1ccc(C(=O)Nc2nccs2)c(F)c1. The number of halogens is 1. The van der Waals surface area contributed by atoms with E-state index in [1.807, 2.05) is 20.8 Å². The van der Waals surface area contributed by atoms with Crippen molar-refractivity contribution < 1.29 is 14.0 Å². The van der Waals surface area contributed by atoms with Crippen molar-refractivity contribution in [2.24, 2.45) is 5.41 Å². The van der Waals surface area contributed by atoms with Crippen molar-refractivity contribution in [1.29, 1.82) is 0 Å². The van der Waals surface area contributed by atoms with Crippen LogP contribution in [0.15, 0.2) is 29.8 Å². The molecule has 2 amide bonds. The van der Waals surface area contributed by atoms with Gasteiger partial charge in [-0.1, -0.05) is 20.8 Å². The van der Waals surface area contributed by atoms with Crippen molar-refractivity contribution in [3.05, 3.63) is 41.2 Å². The van der Waals surface area contributed by atoms with Gasteiger partial charge < -0.3 is 5.32 Å². The van der Waals surface area contributed by atoms with Crippen molar-refractivity contribution in [3.8, 4) is 0 Å². The molecule has 122 valence electrons. The number of hydrogen-bond acceptors (Lipinski definition) is 4. The number of amides is 2. The van der Waals surface area contributed by atoms with Gasteiger partial charge in [0.05, 0.1) is 5.56 Å².